The lowest BCUT2D eigenvalue weighted by molar-refractivity contribution is 0.704. The Bertz CT molecular complexity index is 927. The van der Waals surface area contributed by atoms with Gasteiger partial charge in [-0.3, -0.25) is 4.68 Å². The Balaban J connectivity index is 1.68. The molecule has 23 heavy (non-hydrogen) atoms. The third kappa shape index (κ3) is 1.77. The summed E-state index contributed by atoms with van der Waals surface area (Å²) < 4.78 is 1.90. The number of rotatable bonds is 1. The number of thiophene rings is 1. The SMILES string of the molecule is Cc1nc(N2Cc3c(N)nn(C)c3C2)c2c3c(sc2n1)CCC3. The number of aromatic nitrogens is 4. The minimum Gasteiger partial charge on any atom is -0.382 e. The van der Waals surface area contributed by atoms with Crippen LogP contribution in [0.3, 0.4) is 0 Å². The second-order valence-electron chi connectivity index (χ2n) is 6.42. The number of anilines is 2. The first kappa shape index (κ1) is 13.3. The third-order valence-corrected chi connectivity index (χ3v) is 6.14. The number of hydrogen-bond acceptors (Lipinski definition) is 6. The lowest BCUT2D eigenvalue weighted by Gasteiger charge is -2.19. The van der Waals surface area contributed by atoms with Crippen molar-refractivity contribution in [1.29, 1.82) is 0 Å². The van der Waals surface area contributed by atoms with Crippen molar-refractivity contribution in [2.24, 2.45) is 7.05 Å². The molecule has 0 amide bonds. The zero-order chi connectivity index (χ0) is 15.7. The predicted molar refractivity (Wildman–Crippen MR) is 91.7 cm³/mol. The molecule has 0 spiro atoms. The van der Waals surface area contributed by atoms with Crippen LogP contribution in [0.5, 0.6) is 0 Å². The molecule has 0 unspecified atom stereocenters. The molecule has 2 aliphatic rings. The van der Waals surface area contributed by atoms with Crippen LogP contribution in [-0.4, -0.2) is 19.7 Å². The van der Waals surface area contributed by atoms with Crippen LogP contribution in [0.2, 0.25) is 0 Å². The van der Waals surface area contributed by atoms with Gasteiger partial charge in [0.2, 0.25) is 0 Å². The summed E-state index contributed by atoms with van der Waals surface area (Å²) in [4.78, 5) is 14.4. The molecule has 0 saturated carbocycles. The van der Waals surface area contributed by atoms with Crippen molar-refractivity contribution in [3.8, 4) is 0 Å². The van der Waals surface area contributed by atoms with Crippen molar-refractivity contribution in [2.75, 3.05) is 10.6 Å². The lowest BCUT2D eigenvalue weighted by Crippen LogP contribution is -2.19. The first-order valence-corrected chi connectivity index (χ1v) is 8.77. The summed E-state index contributed by atoms with van der Waals surface area (Å²) in [5.74, 6) is 2.56. The van der Waals surface area contributed by atoms with E-state index < -0.39 is 0 Å². The van der Waals surface area contributed by atoms with Crippen LogP contribution < -0.4 is 10.6 Å². The summed E-state index contributed by atoms with van der Waals surface area (Å²) in [6.45, 7) is 3.57. The van der Waals surface area contributed by atoms with Crippen molar-refractivity contribution < 1.29 is 0 Å². The van der Waals surface area contributed by atoms with Crippen molar-refractivity contribution in [2.45, 2.75) is 39.3 Å². The molecule has 118 valence electrons. The number of fused-ring (bicyclic) bond motifs is 4. The molecule has 1 aliphatic heterocycles. The summed E-state index contributed by atoms with van der Waals surface area (Å²) in [6.07, 6.45) is 3.59. The van der Waals surface area contributed by atoms with E-state index in [-0.39, 0.29) is 0 Å². The number of hydrogen-bond donors (Lipinski definition) is 1. The van der Waals surface area contributed by atoms with Crippen LogP contribution in [0.15, 0.2) is 0 Å². The number of nitrogen functional groups attached to an aromatic ring is 1. The largest absolute Gasteiger partial charge is 0.382 e. The fourth-order valence-electron chi connectivity index (χ4n) is 3.88. The van der Waals surface area contributed by atoms with Crippen molar-refractivity contribution >= 4 is 33.2 Å². The van der Waals surface area contributed by atoms with Gasteiger partial charge in [0.1, 0.15) is 16.5 Å². The van der Waals surface area contributed by atoms with Crippen LogP contribution in [0.4, 0.5) is 11.6 Å². The van der Waals surface area contributed by atoms with E-state index in [1.807, 2.05) is 30.0 Å². The number of nitrogens with two attached hydrogens (primary N) is 1. The van der Waals surface area contributed by atoms with E-state index in [9.17, 15) is 0 Å². The van der Waals surface area contributed by atoms with Gasteiger partial charge in [0.25, 0.3) is 0 Å². The summed E-state index contributed by atoms with van der Waals surface area (Å²) in [5, 5.41) is 5.60. The van der Waals surface area contributed by atoms with Gasteiger partial charge in [0.15, 0.2) is 5.82 Å². The molecule has 6 nitrogen and oxygen atoms in total. The van der Waals surface area contributed by atoms with Gasteiger partial charge in [-0.05, 0) is 31.7 Å². The van der Waals surface area contributed by atoms with E-state index in [0.717, 1.165) is 41.5 Å². The monoisotopic (exact) mass is 326 g/mol. The molecule has 5 rings (SSSR count). The molecule has 0 radical (unpaired) electrons. The Kier molecular flexibility index (Phi) is 2.57. The summed E-state index contributed by atoms with van der Waals surface area (Å²) in [5.41, 5.74) is 9.87. The smallest absolute Gasteiger partial charge is 0.150 e. The zero-order valence-electron chi connectivity index (χ0n) is 13.3. The fourth-order valence-corrected chi connectivity index (χ4v) is 5.18. The van der Waals surface area contributed by atoms with Gasteiger partial charge >= 0.3 is 0 Å². The van der Waals surface area contributed by atoms with Crippen LogP contribution >= 0.6 is 11.3 Å². The molecule has 0 saturated heterocycles. The maximum atomic E-state index is 6.06. The lowest BCUT2D eigenvalue weighted by atomic mass is 10.2. The Morgan fingerprint density at radius 3 is 2.83 bits per heavy atom. The van der Waals surface area contributed by atoms with E-state index in [4.69, 9.17) is 10.7 Å². The summed E-state index contributed by atoms with van der Waals surface area (Å²) in [6, 6.07) is 0. The van der Waals surface area contributed by atoms with E-state index in [0.29, 0.717) is 5.82 Å². The average Bonchev–Trinajstić information content (AvgIpc) is 3.21. The van der Waals surface area contributed by atoms with Crippen LogP contribution in [0, 0.1) is 6.92 Å². The van der Waals surface area contributed by atoms with Gasteiger partial charge < -0.3 is 10.6 Å². The standard InChI is InChI=1S/C16H18N6S/c1-8-18-15(13-9-4-3-5-12(9)23-16(13)19-8)22-6-10-11(7-22)21(2)20-14(10)17/h3-7H2,1-2H3,(H2,17,20). The van der Waals surface area contributed by atoms with Gasteiger partial charge in [0, 0.05) is 17.5 Å². The Morgan fingerprint density at radius 2 is 2.00 bits per heavy atom. The third-order valence-electron chi connectivity index (χ3n) is 4.95. The van der Waals surface area contributed by atoms with Crippen LogP contribution in [-0.2, 0) is 33.0 Å². The zero-order valence-corrected chi connectivity index (χ0v) is 14.1. The predicted octanol–water partition coefficient (Wildman–Crippen LogP) is 2.32. The molecule has 7 heteroatoms. The highest BCUT2D eigenvalue weighted by atomic mass is 32.1. The topological polar surface area (TPSA) is 72.9 Å². The molecule has 0 bridgehead atoms. The Morgan fingerprint density at radius 1 is 1.13 bits per heavy atom. The number of aryl methyl sites for hydroxylation is 4. The van der Waals surface area contributed by atoms with Crippen molar-refractivity contribution in [3.05, 3.63) is 27.5 Å². The summed E-state index contributed by atoms with van der Waals surface area (Å²) in [7, 11) is 1.96. The quantitative estimate of drug-likeness (QED) is 0.743. The summed E-state index contributed by atoms with van der Waals surface area (Å²) >= 11 is 1.85. The molecule has 1 aliphatic carbocycles. The van der Waals surface area contributed by atoms with Gasteiger partial charge in [0.05, 0.1) is 24.2 Å². The maximum absolute atomic E-state index is 6.06. The molecule has 0 fully saturated rings. The minimum absolute atomic E-state index is 0.641. The molecule has 2 N–H and O–H groups in total. The van der Waals surface area contributed by atoms with E-state index in [1.54, 1.807) is 0 Å². The van der Waals surface area contributed by atoms with E-state index >= 15 is 0 Å². The highest BCUT2D eigenvalue weighted by Crippen LogP contribution is 2.42. The molecular weight excluding hydrogens is 308 g/mol. The number of nitrogens with zero attached hydrogens (tertiary/aromatic N) is 5. The maximum Gasteiger partial charge on any atom is 0.150 e. The van der Waals surface area contributed by atoms with Crippen LogP contribution in [0.25, 0.3) is 10.2 Å². The molecule has 0 aromatic carbocycles. The molecule has 3 aromatic heterocycles. The van der Waals surface area contributed by atoms with Crippen LogP contribution in [0.1, 0.15) is 33.9 Å². The second kappa shape index (κ2) is 4.44. The molecule has 0 atom stereocenters. The first-order valence-electron chi connectivity index (χ1n) is 7.96. The average molecular weight is 326 g/mol. The minimum atomic E-state index is 0.641. The normalized spacial score (nSPS) is 16.3. The van der Waals surface area contributed by atoms with Gasteiger partial charge in [-0.1, -0.05) is 0 Å². The van der Waals surface area contributed by atoms with E-state index in [2.05, 4.69) is 15.0 Å². The molecule has 4 heterocycles. The fraction of sp³-hybridized carbons (Fsp3) is 0.438. The molecular formula is C16H18N6S. The second-order valence-corrected chi connectivity index (χ2v) is 7.51. The first-order chi connectivity index (χ1) is 11.1. The van der Waals surface area contributed by atoms with Gasteiger partial charge in [-0.25, -0.2) is 9.97 Å². The van der Waals surface area contributed by atoms with Crippen molar-refractivity contribution in [1.82, 2.24) is 19.7 Å². The molecule has 3 aromatic rings. The Hall–Kier alpha value is -2.15. The van der Waals surface area contributed by atoms with Gasteiger partial charge in [-0.2, -0.15) is 5.10 Å². The Labute approximate surface area is 137 Å². The highest BCUT2D eigenvalue weighted by molar-refractivity contribution is 7.19. The van der Waals surface area contributed by atoms with Gasteiger partial charge in [-0.15, -0.1) is 11.3 Å². The van der Waals surface area contributed by atoms with Crippen molar-refractivity contribution in [3.63, 3.8) is 0 Å². The highest BCUT2D eigenvalue weighted by Gasteiger charge is 2.30. The van der Waals surface area contributed by atoms with E-state index in [1.165, 1.54) is 34.4 Å².